The van der Waals surface area contributed by atoms with Gasteiger partial charge in [-0.2, -0.15) is 0 Å². The predicted octanol–water partition coefficient (Wildman–Crippen LogP) is 12.8. The minimum Gasteiger partial charge on any atom is -0.311 e. The Bertz CT molecular complexity index is 4090. The Hall–Kier alpha value is -6.45. The molecule has 0 radical (unpaired) electrons. The highest BCUT2D eigenvalue weighted by atomic mass is 15.1. The third-order valence-electron chi connectivity index (χ3n) is 19.6. The molecular formula is C74H79B3N2. The molecule has 0 atom stereocenters. The highest BCUT2D eigenvalue weighted by molar-refractivity contribution is 7.07. The molecule has 6 heterocycles. The van der Waals surface area contributed by atoms with Crippen molar-refractivity contribution >= 4 is 113 Å². The molecule has 2 nitrogen and oxygen atoms in total. The molecule has 8 aromatic carbocycles. The second-order valence-corrected chi connectivity index (χ2v) is 31.1. The Labute approximate surface area is 472 Å². The van der Waals surface area contributed by atoms with E-state index in [2.05, 4.69) is 263 Å². The number of hydrogen-bond donors (Lipinski definition) is 0. The molecule has 0 aliphatic carbocycles. The van der Waals surface area contributed by atoms with Crippen molar-refractivity contribution in [2.24, 2.45) is 0 Å². The van der Waals surface area contributed by atoms with Gasteiger partial charge in [-0.25, -0.2) is 0 Å². The van der Waals surface area contributed by atoms with Crippen LogP contribution in [0.15, 0.2) is 115 Å². The molecule has 0 fully saturated rings. The van der Waals surface area contributed by atoms with Crippen molar-refractivity contribution in [3.05, 3.63) is 160 Å². The molecule has 0 saturated carbocycles. The molecule has 0 amide bonds. The van der Waals surface area contributed by atoms with Crippen LogP contribution in [0.5, 0.6) is 0 Å². The van der Waals surface area contributed by atoms with Crippen LogP contribution in [-0.4, -0.2) is 29.3 Å². The number of fused-ring (bicyclic) bond motifs is 4. The summed E-state index contributed by atoms with van der Waals surface area (Å²) in [5.74, 6) is 0. The molecule has 0 N–H and O–H groups in total. The Kier molecular flexibility index (Phi) is 10.1. The highest BCUT2D eigenvalue weighted by Crippen LogP contribution is 2.46. The first-order chi connectivity index (χ1) is 36.8. The first-order valence-electron chi connectivity index (χ1n) is 29.7. The second kappa shape index (κ2) is 15.7. The van der Waals surface area contributed by atoms with Crippen LogP contribution in [0, 0.1) is 13.8 Å². The highest BCUT2D eigenvalue weighted by Gasteiger charge is 2.52. The maximum Gasteiger partial charge on any atom is 0.252 e. The van der Waals surface area contributed by atoms with E-state index >= 15 is 0 Å². The molecule has 2 aromatic heterocycles. The van der Waals surface area contributed by atoms with Crippen LogP contribution >= 0.6 is 0 Å². The molecule has 79 heavy (non-hydrogen) atoms. The molecule has 10 aromatic rings. The standard InChI is InChI=1S/C74H79B3N2/c1-40-22-21-23-41(2)58(40)59-60-67-62-68-61(59)76(49-30-26-43(27-31-49)70(6,7)8)55-37-45(72(12,13)14)33-51-53-35-47(74(18,19)20)39-57(66(53)79(68)64(51)55)77(62)56-38-46(73(15,16)17)34-52-50-32-44(71(9,10)11)36-54(63(50)78(67)65(52)56)75(60)48-28-24-42(25-29-48)69(3,4)5/h21-39H,1-20H3. The van der Waals surface area contributed by atoms with Gasteiger partial charge < -0.3 is 9.13 Å². The fraction of sp³-hybridized carbons (Fsp3) is 0.351. The van der Waals surface area contributed by atoms with E-state index in [0.29, 0.717) is 0 Å². The number of aryl methyl sites for hydroxylation is 2. The van der Waals surface area contributed by atoms with Gasteiger partial charge in [-0.1, -0.05) is 227 Å². The van der Waals surface area contributed by atoms with Crippen molar-refractivity contribution in [2.45, 2.75) is 171 Å². The van der Waals surface area contributed by atoms with E-state index in [9.17, 15) is 0 Å². The summed E-state index contributed by atoms with van der Waals surface area (Å²) in [4.78, 5) is 0. The van der Waals surface area contributed by atoms with Crippen LogP contribution in [0.4, 0.5) is 0 Å². The average Bonchev–Trinajstić information content (AvgIpc) is 1.88. The summed E-state index contributed by atoms with van der Waals surface area (Å²) < 4.78 is 5.71. The maximum atomic E-state index is 2.86. The average molecular weight is 1030 g/mol. The molecule has 0 saturated heterocycles. The third kappa shape index (κ3) is 6.93. The smallest absolute Gasteiger partial charge is 0.252 e. The quantitative estimate of drug-likeness (QED) is 0.156. The summed E-state index contributed by atoms with van der Waals surface area (Å²) in [6.07, 6.45) is 0. The van der Waals surface area contributed by atoms with Gasteiger partial charge in [0.15, 0.2) is 0 Å². The number of hydrogen-bond acceptors (Lipinski definition) is 0. The summed E-state index contributed by atoms with van der Waals surface area (Å²) in [7, 11) is 0. The van der Waals surface area contributed by atoms with Crippen LogP contribution in [-0.2, 0) is 32.5 Å². The van der Waals surface area contributed by atoms with E-state index < -0.39 is 0 Å². The van der Waals surface area contributed by atoms with Gasteiger partial charge in [-0.05, 0) is 164 Å². The Balaban J connectivity index is 1.32. The lowest BCUT2D eigenvalue weighted by atomic mass is 9.26. The summed E-state index contributed by atoms with van der Waals surface area (Å²) in [6, 6.07) is 48.1. The predicted molar refractivity (Wildman–Crippen MR) is 349 cm³/mol. The Morgan fingerprint density at radius 3 is 0.848 bits per heavy atom. The normalized spacial score (nSPS) is 14.8. The summed E-state index contributed by atoms with van der Waals surface area (Å²) in [5, 5.41) is 5.55. The molecule has 0 spiro atoms. The van der Waals surface area contributed by atoms with E-state index in [1.807, 2.05) is 0 Å². The van der Waals surface area contributed by atoms with E-state index in [4.69, 9.17) is 0 Å². The molecule has 0 unspecified atom stereocenters. The second-order valence-electron chi connectivity index (χ2n) is 31.1. The Morgan fingerprint density at radius 1 is 0.291 bits per heavy atom. The van der Waals surface area contributed by atoms with E-state index in [1.54, 1.807) is 0 Å². The maximum absolute atomic E-state index is 2.86. The minimum absolute atomic E-state index is 0.0124. The molecular weight excluding hydrogens is 949 g/mol. The molecule has 0 bridgehead atoms. The van der Waals surface area contributed by atoms with Crippen molar-refractivity contribution in [1.29, 1.82) is 0 Å². The molecule has 394 valence electrons. The van der Waals surface area contributed by atoms with Crippen LogP contribution in [0.3, 0.4) is 0 Å². The molecule has 14 rings (SSSR count). The zero-order valence-corrected chi connectivity index (χ0v) is 51.1. The molecule has 4 aliphatic heterocycles. The lowest BCUT2D eigenvalue weighted by Crippen LogP contribution is -2.70. The monoisotopic (exact) mass is 1030 g/mol. The van der Waals surface area contributed by atoms with Gasteiger partial charge in [-0.3, -0.25) is 0 Å². The topological polar surface area (TPSA) is 9.86 Å². The van der Waals surface area contributed by atoms with Crippen molar-refractivity contribution in [1.82, 2.24) is 9.13 Å². The lowest BCUT2D eigenvalue weighted by molar-refractivity contribution is 0.590. The minimum atomic E-state index is -0.0979. The van der Waals surface area contributed by atoms with E-state index in [-0.39, 0.29) is 52.6 Å². The van der Waals surface area contributed by atoms with Crippen molar-refractivity contribution in [3.63, 3.8) is 0 Å². The lowest BCUT2D eigenvalue weighted by Gasteiger charge is -2.44. The largest absolute Gasteiger partial charge is 0.311 e. The first-order valence-corrected chi connectivity index (χ1v) is 29.7. The number of nitrogens with zero attached hydrogens (tertiary/aromatic N) is 2. The van der Waals surface area contributed by atoms with Gasteiger partial charge in [0.2, 0.25) is 13.4 Å². The summed E-state index contributed by atoms with van der Waals surface area (Å²) in [5.41, 5.74) is 34.7. The number of benzene rings is 8. The van der Waals surface area contributed by atoms with Crippen LogP contribution < -0.4 is 49.2 Å². The van der Waals surface area contributed by atoms with Crippen LogP contribution in [0.2, 0.25) is 0 Å². The van der Waals surface area contributed by atoms with Crippen LogP contribution in [0.25, 0.3) is 66.1 Å². The third-order valence-corrected chi connectivity index (χ3v) is 19.6. The fourth-order valence-electron chi connectivity index (χ4n) is 15.1. The van der Waals surface area contributed by atoms with Gasteiger partial charge in [0.25, 0.3) is 6.71 Å². The van der Waals surface area contributed by atoms with Crippen molar-refractivity contribution in [3.8, 4) is 22.5 Å². The molecule has 4 aliphatic rings. The Morgan fingerprint density at radius 2 is 0.570 bits per heavy atom. The first kappa shape index (κ1) is 50.8. The molecule has 5 heteroatoms. The SMILES string of the molecule is Cc1cccc(C)c1-c1c2c3c4c5c1B(c1ccc(C(C)(C)C)cc1)c1cc(C(C)(C)C)cc6c7cc(C(C)(C)C)cc(c7n-5c16)B4c1cc(C(C)(C)C)cc4c5cc(C(C)(C)C)cc(c5n-3c14)B2c1ccc(C(C)(C)C)cc1. The zero-order chi connectivity index (χ0) is 56.1. The zero-order valence-electron chi connectivity index (χ0n) is 51.1. The number of aromatic nitrogens is 2. The van der Waals surface area contributed by atoms with Gasteiger partial charge in [0, 0.05) is 55.0 Å². The van der Waals surface area contributed by atoms with Gasteiger partial charge in [0.05, 0.1) is 0 Å². The van der Waals surface area contributed by atoms with Crippen LogP contribution in [0.1, 0.15) is 169 Å². The van der Waals surface area contributed by atoms with E-state index in [0.717, 1.165) is 0 Å². The van der Waals surface area contributed by atoms with Gasteiger partial charge >= 0.3 is 0 Å². The van der Waals surface area contributed by atoms with Gasteiger partial charge in [0.1, 0.15) is 0 Å². The van der Waals surface area contributed by atoms with Crippen molar-refractivity contribution in [2.75, 3.05) is 0 Å². The van der Waals surface area contributed by atoms with Crippen molar-refractivity contribution < 1.29 is 0 Å². The fourth-order valence-corrected chi connectivity index (χ4v) is 15.1. The summed E-state index contributed by atoms with van der Waals surface area (Å²) in [6.45, 7) is 47.9. The summed E-state index contributed by atoms with van der Waals surface area (Å²) >= 11 is 0. The van der Waals surface area contributed by atoms with E-state index in [1.165, 1.54) is 160 Å². The number of rotatable bonds is 3. The van der Waals surface area contributed by atoms with Gasteiger partial charge in [-0.15, -0.1) is 0 Å².